The van der Waals surface area contributed by atoms with E-state index in [1.165, 1.54) is 0 Å². The quantitative estimate of drug-likeness (QED) is 0.383. The summed E-state index contributed by atoms with van der Waals surface area (Å²) in [4.78, 5) is 0. The van der Waals surface area contributed by atoms with E-state index < -0.39 is 0 Å². The van der Waals surface area contributed by atoms with E-state index in [0.717, 1.165) is 12.8 Å². The molecule has 1 atom stereocenters. The van der Waals surface area contributed by atoms with Gasteiger partial charge >= 0.3 is 0 Å². The lowest BCUT2D eigenvalue weighted by molar-refractivity contribution is 0.381. The zero-order chi connectivity index (χ0) is 7.98. The Labute approximate surface area is 63.1 Å². The van der Waals surface area contributed by atoms with Crippen LogP contribution in [0.1, 0.15) is 26.7 Å². The minimum Gasteiger partial charge on any atom is -0.326 e. The molecule has 0 bridgehead atoms. The van der Waals surface area contributed by atoms with Gasteiger partial charge in [0.05, 0.1) is 0 Å². The van der Waals surface area contributed by atoms with Crippen molar-refractivity contribution in [3.05, 3.63) is 0 Å². The summed E-state index contributed by atoms with van der Waals surface area (Å²) in [6.45, 7) is 5.03. The summed E-state index contributed by atoms with van der Waals surface area (Å²) in [5.74, 6) is 5.75. The third-order valence-corrected chi connectivity index (χ3v) is 2.01. The zero-order valence-corrected chi connectivity index (χ0v) is 6.93. The second kappa shape index (κ2) is 5.65. The molecule has 0 amide bonds. The molecule has 0 aliphatic carbocycles. The highest BCUT2D eigenvalue weighted by Gasteiger charge is 2.11. The number of hydrogen-bond acceptors (Lipinski definition) is 3. The fourth-order valence-electron chi connectivity index (χ4n) is 1.20. The highest BCUT2D eigenvalue weighted by atomic mass is 15.2. The summed E-state index contributed by atoms with van der Waals surface area (Å²) in [7, 11) is 0. The van der Waals surface area contributed by atoms with E-state index in [0.29, 0.717) is 12.5 Å². The minimum absolute atomic E-state index is 0.208. The molecule has 5 N–H and O–H groups in total. The predicted molar refractivity (Wildman–Crippen MR) is 44.2 cm³/mol. The van der Waals surface area contributed by atoms with Gasteiger partial charge in [0, 0.05) is 12.6 Å². The van der Waals surface area contributed by atoms with E-state index >= 15 is 0 Å². The van der Waals surface area contributed by atoms with Crippen LogP contribution in [0, 0.1) is 5.92 Å². The van der Waals surface area contributed by atoms with Gasteiger partial charge in [-0.1, -0.05) is 26.7 Å². The first-order chi connectivity index (χ1) is 4.76. The monoisotopic (exact) mass is 145 g/mol. The third-order valence-electron chi connectivity index (χ3n) is 2.01. The van der Waals surface area contributed by atoms with Crippen molar-refractivity contribution < 1.29 is 0 Å². The van der Waals surface area contributed by atoms with Gasteiger partial charge in [-0.15, -0.1) is 0 Å². The van der Waals surface area contributed by atoms with E-state index in [-0.39, 0.29) is 6.04 Å². The third kappa shape index (κ3) is 3.15. The summed E-state index contributed by atoms with van der Waals surface area (Å²) >= 11 is 0. The number of rotatable bonds is 5. The molecule has 0 aliphatic rings. The van der Waals surface area contributed by atoms with Crippen LogP contribution in [0.5, 0.6) is 0 Å². The van der Waals surface area contributed by atoms with Crippen molar-refractivity contribution in [1.82, 2.24) is 5.43 Å². The Bertz CT molecular complexity index is 71.3. The van der Waals surface area contributed by atoms with Crippen LogP contribution in [0.3, 0.4) is 0 Å². The van der Waals surface area contributed by atoms with Crippen molar-refractivity contribution in [3.8, 4) is 0 Å². The van der Waals surface area contributed by atoms with Crippen LogP contribution in [0.4, 0.5) is 0 Å². The Kier molecular flexibility index (Phi) is 5.58. The molecule has 1 unspecified atom stereocenters. The van der Waals surface area contributed by atoms with Crippen molar-refractivity contribution in [2.24, 2.45) is 17.5 Å². The number of nitrogens with two attached hydrogens (primary N) is 2. The molecule has 0 aromatic heterocycles. The molecule has 3 nitrogen and oxygen atoms in total. The van der Waals surface area contributed by atoms with Gasteiger partial charge in [-0.2, -0.15) is 0 Å². The minimum atomic E-state index is 0.208. The summed E-state index contributed by atoms with van der Waals surface area (Å²) in [5, 5.41) is 0. The first kappa shape index (κ1) is 9.88. The van der Waals surface area contributed by atoms with Crippen LogP contribution < -0.4 is 17.0 Å². The first-order valence-corrected chi connectivity index (χ1v) is 3.95. The molecule has 0 saturated heterocycles. The van der Waals surface area contributed by atoms with Crippen LogP contribution >= 0.6 is 0 Å². The molecule has 3 heteroatoms. The molecule has 0 fully saturated rings. The standard InChI is InChI=1S/C7H19N3/c1-3-6(4-2)7(8)5-10-9/h6-7,10H,3-5,8-9H2,1-2H3. The van der Waals surface area contributed by atoms with Crippen LogP contribution in [0.25, 0.3) is 0 Å². The molecule has 0 aromatic carbocycles. The van der Waals surface area contributed by atoms with Crippen LogP contribution in [-0.2, 0) is 0 Å². The topological polar surface area (TPSA) is 64.1 Å². The van der Waals surface area contributed by atoms with Gasteiger partial charge in [0.1, 0.15) is 0 Å². The van der Waals surface area contributed by atoms with Gasteiger partial charge in [0.25, 0.3) is 0 Å². The molecule has 0 radical (unpaired) electrons. The van der Waals surface area contributed by atoms with Crippen molar-refractivity contribution in [2.75, 3.05) is 6.54 Å². The van der Waals surface area contributed by atoms with E-state index in [9.17, 15) is 0 Å². The van der Waals surface area contributed by atoms with E-state index in [4.69, 9.17) is 11.6 Å². The predicted octanol–water partition coefficient (Wildman–Crippen LogP) is 0.213. The maximum Gasteiger partial charge on any atom is 0.0252 e. The number of hydrogen-bond donors (Lipinski definition) is 3. The van der Waals surface area contributed by atoms with Crippen molar-refractivity contribution in [3.63, 3.8) is 0 Å². The van der Waals surface area contributed by atoms with E-state index in [2.05, 4.69) is 19.3 Å². The molecular formula is C7H19N3. The molecule has 62 valence electrons. The highest BCUT2D eigenvalue weighted by molar-refractivity contribution is 4.71. The lowest BCUT2D eigenvalue weighted by Crippen LogP contribution is -2.42. The SMILES string of the molecule is CCC(CC)C(N)CNN. The fourth-order valence-corrected chi connectivity index (χ4v) is 1.20. The van der Waals surface area contributed by atoms with Gasteiger partial charge in [-0.05, 0) is 5.92 Å². The van der Waals surface area contributed by atoms with Crippen LogP contribution in [0.2, 0.25) is 0 Å². The summed E-state index contributed by atoms with van der Waals surface area (Å²) in [5.41, 5.74) is 8.40. The molecule has 0 spiro atoms. The van der Waals surface area contributed by atoms with E-state index in [1.807, 2.05) is 0 Å². The normalized spacial score (nSPS) is 14.1. The Morgan fingerprint density at radius 1 is 1.30 bits per heavy atom. The fraction of sp³-hybridized carbons (Fsp3) is 1.00. The Hall–Kier alpha value is -0.120. The Morgan fingerprint density at radius 2 is 1.80 bits per heavy atom. The second-order valence-corrected chi connectivity index (χ2v) is 2.65. The lowest BCUT2D eigenvalue weighted by atomic mass is 9.95. The van der Waals surface area contributed by atoms with Gasteiger partial charge in [-0.25, -0.2) is 0 Å². The van der Waals surface area contributed by atoms with Gasteiger partial charge < -0.3 is 5.73 Å². The lowest BCUT2D eigenvalue weighted by Gasteiger charge is -2.20. The Balaban J connectivity index is 3.53. The Morgan fingerprint density at radius 3 is 2.10 bits per heavy atom. The molecule has 0 rings (SSSR count). The van der Waals surface area contributed by atoms with Crippen molar-refractivity contribution in [2.45, 2.75) is 32.7 Å². The molecule has 0 saturated carbocycles. The van der Waals surface area contributed by atoms with Crippen LogP contribution in [-0.4, -0.2) is 12.6 Å². The maximum atomic E-state index is 5.81. The smallest absolute Gasteiger partial charge is 0.0252 e. The summed E-state index contributed by atoms with van der Waals surface area (Å²) < 4.78 is 0. The average Bonchev–Trinajstić information content (AvgIpc) is 1.91. The number of hydrazine groups is 1. The van der Waals surface area contributed by atoms with Gasteiger partial charge in [-0.3, -0.25) is 11.3 Å². The molecule has 0 heterocycles. The second-order valence-electron chi connectivity index (χ2n) is 2.65. The summed E-state index contributed by atoms with van der Waals surface area (Å²) in [6.07, 6.45) is 2.28. The first-order valence-electron chi connectivity index (χ1n) is 3.95. The van der Waals surface area contributed by atoms with Crippen molar-refractivity contribution >= 4 is 0 Å². The maximum absolute atomic E-state index is 5.81. The highest BCUT2D eigenvalue weighted by Crippen LogP contribution is 2.09. The molecule has 10 heavy (non-hydrogen) atoms. The molecule has 0 aliphatic heterocycles. The summed E-state index contributed by atoms with van der Waals surface area (Å²) in [6, 6.07) is 0.208. The zero-order valence-electron chi connectivity index (χ0n) is 6.93. The van der Waals surface area contributed by atoms with E-state index in [1.54, 1.807) is 0 Å². The van der Waals surface area contributed by atoms with Crippen molar-refractivity contribution in [1.29, 1.82) is 0 Å². The molecule has 0 aromatic rings. The molecular weight excluding hydrogens is 126 g/mol. The number of nitrogens with one attached hydrogen (secondary N) is 1. The van der Waals surface area contributed by atoms with Crippen LogP contribution in [0.15, 0.2) is 0 Å². The average molecular weight is 145 g/mol. The largest absolute Gasteiger partial charge is 0.326 e. The van der Waals surface area contributed by atoms with Gasteiger partial charge in [0.15, 0.2) is 0 Å². The van der Waals surface area contributed by atoms with Gasteiger partial charge in [0.2, 0.25) is 0 Å².